The first-order valence-electron chi connectivity index (χ1n) is 12.5. The van der Waals surface area contributed by atoms with Crippen molar-refractivity contribution in [1.29, 1.82) is 0 Å². The van der Waals surface area contributed by atoms with Gasteiger partial charge in [0.2, 0.25) is 11.8 Å². The first-order valence-corrected chi connectivity index (χ1v) is 12.5. The van der Waals surface area contributed by atoms with Gasteiger partial charge in [0.15, 0.2) is 5.82 Å². The van der Waals surface area contributed by atoms with Crippen LogP contribution in [0.3, 0.4) is 0 Å². The molecular formula is C28H30FN5O2. The van der Waals surface area contributed by atoms with Gasteiger partial charge in [0.1, 0.15) is 5.82 Å². The monoisotopic (exact) mass is 487 g/mol. The molecule has 0 radical (unpaired) electrons. The minimum Gasteiger partial charge on any atom is -0.354 e. The van der Waals surface area contributed by atoms with Gasteiger partial charge in [-0.1, -0.05) is 30.3 Å². The summed E-state index contributed by atoms with van der Waals surface area (Å²) in [6, 6.07) is 18.3. The van der Waals surface area contributed by atoms with Crippen LogP contribution in [0, 0.1) is 11.7 Å². The molecule has 1 N–H and O–H groups in total. The van der Waals surface area contributed by atoms with Gasteiger partial charge in [0, 0.05) is 38.1 Å². The number of nitrogens with zero attached hydrogens (tertiary/aromatic N) is 4. The highest BCUT2D eigenvalue weighted by Crippen LogP contribution is 2.30. The second-order valence-corrected chi connectivity index (χ2v) is 9.55. The lowest BCUT2D eigenvalue weighted by Gasteiger charge is -2.32. The molecule has 0 unspecified atom stereocenters. The largest absolute Gasteiger partial charge is 0.354 e. The van der Waals surface area contributed by atoms with Gasteiger partial charge < -0.3 is 15.1 Å². The number of rotatable bonds is 6. The molecule has 8 heteroatoms. The SMILES string of the molecule is O=C(Nc1ccc(C2CCN(C(=O)Cc3ccccc3F)CC2)cc1)[C@H]1CCN(c2cccnn2)C1. The molecular weight excluding hydrogens is 457 g/mol. The van der Waals surface area contributed by atoms with Crippen molar-refractivity contribution in [3.63, 3.8) is 0 Å². The normalized spacial score (nSPS) is 18.3. The first kappa shape index (κ1) is 23.9. The first-order chi connectivity index (χ1) is 17.6. The Bertz CT molecular complexity index is 1200. The topological polar surface area (TPSA) is 78.4 Å². The zero-order chi connectivity index (χ0) is 24.9. The van der Waals surface area contributed by atoms with Crippen LogP contribution in [-0.2, 0) is 16.0 Å². The molecule has 0 aliphatic carbocycles. The van der Waals surface area contributed by atoms with E-state index in [1.165, 1.54) is 11.6 Å². The van der Waals surface area contributed by atoms with Crippen LogP contribution in [0.25, 0.3) is 0 Å². The fraction of sp³-hybridized carbons (Fsp3) is 0.357. The van der Waals surface area contributed by atoms with Crippen molar-refractivity contribution < 1.29 is 14.0 Å². The Morgan fingerprint density at radius 2 is 1.72 bits per heavy atom. The highest BCUT2D eigenvalue weighted by molar-refractivity contribution is 5.93. The van der Waals surface area contributed by atoms with Crippen molar-refractivity contribution in [3.8, 4) is 0 Å². The van der Waals surface area contributed by atoms with E-state index in [9.17, 15) is 14.0 Å². The van der Waals surface area contributed by atoms with Crippen LogP contribution in [0.2, 0.25) is 0 Å². The Balaban J connectivity index is 1.10. The maximum atomic E-state index is 13.9. The van der Waals surface area contributed by atoms with Crippen LogP contribution in [0.1, 0.15) is 36.3 Å². The molecule has 1 atom stereocenters. The van der Waals surface area contributed by atoms with Gasteiger partial charge in [0.05, 0.1) is 12.3 Å². The Hall–Kier alpha value is -3.81. The number of benzene rings is 2. The number of amides is 2. The number of halogens is 1. The summed E-state index contributed by atoms with van der Waals surface area (Å²) in [5, 5.41) is 11.1. The summed E-state index contributed by atoms with van der Waals surface area (Å²) >= 11 is 0. The third-order valence-corrected chi connectivity index (χ3v) is 7.24. The van der Waals surface area contributed by atoms with Crippen molar-refractivity contribution in [2.24, 2.45) is 5.92 Å². The van der Waals surface area contributed by atoms with Gasteiger partial charge >= 0.3 is 0 Å². The molecule has 3 heterocycles. The lowest BCUT2D eigenvalue weighted by atomic mass is 9.89. The van der Waals surface area contributed by atoms with E-state index in [-0.39, 0.29) is 30.0 Å². The zero-order valence-corrected chi connectivity index (χ0v) is 20.1. The van der Waals surface area contributed by atoms with Gasteiger partial charge in [-0.2, -0.15) is 5.10 Å². The molecule has 2 amide bonds. The predicted molar refractivity (Wildman–Crippen MR) is 136 cm³/mol. The van der Waals surface area contributed by atoms with E-state index in [0.29, 0.717) is 31.1 Å². The summed E-state index contributed by atoms with van der Waals surface area (Å²) in [4.78, 5) is 29.4. The molecule has 2 aliphatic heterocycles. The summed E-state index contributed by atoms with van der Waals surface area (Å²) in [5.41, 5.74) is 2.45. The van der Waals surface area contributed by atoms with E-state index >= 15 is 0 Å². The number of hydrogen-bond acceptors (Lipinski definition) is 5. The van der Waals surface area contributed by atoms with Gasteiger partial charge in [-0.3, -0.25) is 9.59 Å². The van der Waals surface area contributed by atoms with Gasteiger partial charge in [-0.05, 0) is 66.6 Å². The molecule has 0 bridgehead atoms. The van der Waals surface area contributed by atoms with Crippen molar-refractivity contribution in [3.05, 3.63) is 83.8 Å². The molecule has 3 aromatic rings. The van der Waals surface area contributed by atoms with Gasteiger partial charge in [0.25, 0.3) is 0 Å². The molecule has 1 aromatic heterocycles. The fourth-order valence-electron chi connectivity index (χ4n) is 5.11. The number of anilines is 2. The van der Waals surface area contributed by atoms with Crippen LogP contribution in [0.5, 0.6) is 0 Å². The average molecular weight is 488 g/mol. The third kappa shape index (κ3) is 5.53. The molecule has 2 aliphatic rings. The lowest BCUT2D eigenvalue weighted by Crippen LogP contribution is -2.38. The highest BCUT2D eigenvalue weighted by atomic mass is 19.1. The molecule has 5 rings (SSSR count). The Morgan fingerprint density at radius 1 is 0.944 bits per heavy atom. The molecule has 36 heavy (non-hydrogen) atoms. The average Bonchev–Trinajstić information content (AvgIpc) is 3.42. The lowest BCUT2D eigenvalue weighted by molar-refractivity contribution is -0.131. The van der Waals surface area contributed by atoms with Gasteiger partial charge in [-0.15, -0.1) is 5.10 Å². The molecule has 7 nitrogen and oxygen atoms in total. The summed E-state index contributed by atoms with van der Waals surface area (Å²) in [5.74, 6) is 0.749. The van der Waals surface area contributed by atoms with Crippen LogP contribution < -0.4 is 10.2 Å². The molecule has 0 saturated carbocycles. The van der Waals surface area contributed by atoms with Crippen LogP contribution >= 0.6 is 0 Å². The molecule has 2 fully saturated rings. The van der Waals surface area contributed by atoms with Crippen molar-refractivity contribution in [2.75, 3.05) is 36.4 Å². The Kier molecular flexibility index (Phi) is 7.21. The Morgan fingerprint density at radius 3 is 2.44 bits per heavy atom. The fourth-order valence-corrected chi connectivity index (χ4v) is 5.11. The van der Waals surface area contributed by atoms with E-state index in [2.05, 4.69) is 32.5 Å². The molecule has 2 aromatic carbocycles. The maximum Gasteiger partial charge on any atom is 0.229 e. The van der Waals surface area contributed by atoms with Crippen LogP contribution in [0.4, 0.5) is 15.9 Å². The van der Waals surface area contributed by atoms with E-state index in [1.54, 1.807) is 24.4 Å². The molecule has 2 saturated heterocycles. The predicted octanol–water partition coefficient (Wildman–Crippen LogP) is 4.03. The summed E-state index contributed by atoms with van der Waals surface area (Å²) < 4.78 is 13.9. The van der Waals surface area contributed by atoms with Crippen LogP contribution in [0.15, 0.2) is 66.9 Å². The third-order valence-electron chi connectivity index (χ3n) is 7.24. The van der Waals surface area contributed by atoms with E-state index in [4.69, 9.17) is 0 Å². The second-order valence-electron chi connectivity index (χ2n) is 9.55. The van der Waals surface area contributed by atoms with E-state index in [0.717, 1.165) is 37.3 Å². The number of nitrogens with one attached hydrogen (secondary N) is 1. The number of aromatic nitrogens is 2. The number of hydrogen-bond donors (Lipinski definition) is 1. The minimum absolute atomic E-state index is 0.0239. The van der Waals surface area contributed by atoms with Crippen molar-refractivity contribution in [2.45, 2.75) is 31.6 Å². The number of piperidine rings is 1. The highest BCUT2D eigenvalue weighted by Gasteiger charge is 2.29. The number of carbonyl (C=O) groups is 2. The summed E-state index contributed by atoms with van der Waals surface area (Å²) in [7, 11) is 0. The van der Waals surface area contributed by atoms with Crippen LogP contribution in [-0.4, -0.2) is 53.1 Å². The second kappa shape index (κ2) is 10.8. The smallest absolute Gasteiger partial charge is 0.229 e. The number of likely N-dealkylation sites (tertiary alicyclic amines) is 1. The van der Waals surface area contributed by atoms with E-state index in [1.807, 2.05) is 29.2 Å². The summed E-state index contributed by atoms with van der Waals surface area (Å²) in [6.07, 6.45) is 4.27. The van der Waals surface area contributed by atoms with Crippen molar-refractivity contribution in [1.82, 2.24) is 15.1 Å². The Labute approximate surface area is 210 Å². The molecule has 186 valence electrons. The number of carbonyl (C=O) groups excluding carboxylic acids is 2. The standard InChI is InChI=1S/C28H30FN5O2/c29-25-5-2-1-4-22(25)18-27(35)33-15-11-21(12-16-33)20-7-9-24(10-8-20)31-28(36)23-13-17-34(19-23)26-6-3-14-30-32-26/h1-10,14,21,23H,11-13,15-19H2,(H,31,36)/t23-/m0/s1. The zero-order valence-electron chi connectivity index (χ0n) is 20.1. The molecule has 0 spiro atoms. The van der Waals surface area contributed by atoms with E-state index < -0.39 is 0 Å². The summed E-state index contributed by atoms with van der Waals surface area (Å²) in [6.45, 7) is 2.76. The van der Waals surface area contributed by atoms with Crippen molar-refractivity contribution >= 4 is 23.3 Å². The minimum atomic E-state index is -0.330. The quantitative estimate of drug-likeness (QED) is 0.568. The van der Waals surface area contributed by atoms with Gasteiger partial charge in [-0.25, -0.2) is 4.39 Å². The maximum absolute atomic E-state index is 13.9.